The molecule has 1 saturated heterocycles. The van der Waals surface area contributed by atoms with Crippen LogP contribution in [0.25, 0.3) is 0 Å². The van der Waals surface area contributed by atoms with Gasteiger partial charge in [-0.25, -0.2) is 9.78 Å². The quantitative estimate of drug-likeness (QED) is 0.387. The summed E-state index contributed by atoms with van der Waals surface area (Å²) in [5.41, 5.74) is -0.268. The van der Waals surface area contributed by atoms with E-state index in [4.69, 9.17) is 23.7 Å². The van der Waals surface area contributed by atoms with Gasteiger partial charge >= 0.3 is 18.1 Å². The fourth-order valence-corrected chi connectivity index (χ4v) is 3.98. The van der Waals surface area contributed by atoms with Crippen LogP contribution in [0.15, 0.2) is 36.5 Å². The van der Waals surface area contributed by atoms with Gasteiger partial charge in [0.15, 0.2) is 23.2 Å². The number of ether oxygens (including phenoxy) is 5. The molecule has 1 N–H and O–H groups in total. The first-order chi connectivity index (χ1) is 18.5. The van der Waals surface area contributed by atoms with Crippen LogP contribution in [0.1, 0.15) is 41.9 Å². The summed E-state index contributed by atoms with van der Waals surface area (Å²) in [7, 11) is 1.35. The molecule has 0 spiro atoms. The molecule has 13 heteroatoms. The molecule has 2 aromatic rings. The lowest BCUT2D eigenvalue weighted by atomic mass is 9.94. The fourth-order valence-electron chi connectivity index (χ4n) is 3.98. The summed E-state index contributed by atoms with van der Waals surface area (Å²) in [4.78, 5) is 40.9. The molecule has 1 fully saturated rings. The summed E-state index contributed by atoms with van der Waals surface area (Å²) in [6.07, 6.45) is -2.85. The van der Waals surface area contributed by atoms with Gasteiger partial charge in [-0.05, 0) is 43.4 Å². The van der Waals surface area contributed by atoms with Crippen LogP contribution in [0.3, 0.4) is 0 Å². The van der Waals surface area contributed by atoms with E-state index in [1.54, 1.807) is 6.92 Å². The number of carbonyl (C=O) groups is 3. The molecule has 3 atom stereocenters. The first kappa shape index (κ1) is 29.7. The van der Waals surface area contributed by atoms with Gasteiger partial charge in [0.25, 0.3) is 5.91 Å². The Morgan fingerprint density at radius 2 is 1.87 bits per heavy atom. The second-order valence-electron chi connectivity index (χ2n) is 8.90. The minimum atomic E-state index is -4.42. The maximum Gasteiger partial charge on any atom is 0.416 e. The molecule has 1 aromatic heterocycles. The van der Waals surface area contributed by atoms with E-state index in [0.717, 1.165) is 12.1 Å². The summed E-state index contributed by atoms with van der Waals surface area (Å²) in [6, 6.07) is 5.14. The maximum absolute atomic E-state index is 13.1. The van der Waals surface area contributed by atoms with Gasteiger partial charge < -0.3 is 29.0 Å². The van der Waals surface area contributed by atoms with Crippen molar-refractivity contribution < 1.29 is 51.2 Å². The van der Waals surface area contributed by atoms with Gasteiger partial charge in [-0.1, -0.05) is 12.1 Å². The molecule has 39 heavy (non-hydrogen) atoms. The lowest BCUT2D eigenvalue weighted by molar-refractivity contribution is -0.151. The third-order valence-electron chi connectivity index (χ3n) is 5.79. The Hall–Kier alpha value is -3.87. The third kappa shape index (κ3) is 8.57. The van der Waals surface area contributed by atoms with Crippen molar-refractivity contribution >= 4 is 17.8 Å². The van der Waals surface area contributed by atoms with Gasteiger partial charge in [-0.2, -0.15) is 13.2 Å². The van der Waals surface area contributed by atoms with E-state index in [-0.39, 0.29) is 36.3 Å². The van der Waals surface area contributed by atoms with Crippen LogP contribution >= 0.6 is 0 Å². The monoisotopic (exact) mass is 554 g/mol. The highest BCUT2D eigenvalue weighted by atomic mass is 19.4. The molecule has 1 aliphatic rings. The molecular weight excluding hydrogens is 525 g/mol. The Labute approximate surface area is 222 Å². The summed E-state index contributed by atoms with van der Waals surface area (Å²) in [5, 5.41) is 2.53. The summed E-state index contributed by atoms with van der Waals surface area (Å²) in [6.45, 7) is 2.35. The number of nitrogens with one attached hydrogen (secondary N) is 1. The van der Waals surface area contributed by atoms with E-state index in [0.29, 0.717) is 18.4 Å². The molecule has 0 bridgehead atoms. The van der Waals surface area contributed by atoms with Gasteiger partial charge in [-0.3, -0.25) is 9.59 Å². The van der Waals surface area contributed by atoms with Crippen molar-refractivity contribution in [3.05, 3.63) is 53.3 Å². The first-order valence-corrected chi connectivity index (χ1v) is 12.0. The van der Waals surface area contributed by atoms with Crippen LogP contribution in [0.5, 0.6) is 11.5 Å². The highest BCUT2D eigenvalue weighted by Crippen LogP contribution is 2.31. The average molecular weight is 555 g/mol. The summed E-state index contributed by atoms with van der Waals surface area (Å²) >= 11 is 0. The lowest BCUT2D eigenvalue weighted by Crippen LogP contribution is -2.45. The van der Waals surface area contributed by atoms with Gasteiger partial charge in [0.1, 0.15) is 0 Å². The second-order valence-corrected chi connectivity index (χ2v) is 8.90. The fraction of sp³-hybridized carbons (Fsp3) is 0.462. The highest BCUT2D eigenvalue weighted by molar-refractivity contribution is 5.98. The van der Waals surface area contributed by atoms with Gasteiger partial charge in [0.05, 0.1) is 25.4 Å². The number of amides is 1. The largest absolute Gasteiger partial charge is 0.493 e. The van der Waals surface area contributed by atoms with Gasteiger partial charge in [0.2, 0.25) is 6.79 Å². The van der Waals surface area contributed by atoms with E-state index >= 15 is 0 Å². The number of halogens is 3. The van der Waals surface area contributed by atoms with Crippen molar-refractivity contribution in [1.29, 1.82) is 0 Å². The van der Waals surface area contributed by atoms with Crippen LogP contribution in [0, 0.1) is 5.92 Å². The number of rotatable bonds is 8. The van der Waals surface area contributed by atoms with Crippen LogP contribution in [0.4, 0.5) is 13.2 Å². The molecule has 1 aliphatic heterocycles. The molecule has 2 heterocycles. The number of pyridine rings is 1. The van der Waals surface area contributed by atoms with Crippen LogP contribution < -0.4 is 14.8 Å². The van der Waals surface area contributed by atoms with Crippen LogP contribution in [-0.2, 0) is 36.4 Å². The van der Waals surface area contributed by atoms with Crippen molar-refractivity contribution in [1.82, 2.24) is 10.3 Å². The Morgan fingerprint density at radius 1 is 1.15 bits per heavy atom. The van der Waals surface area contributed by atoms with Crippen molar-refractivity contribution in [3.8, 4) is 11.5 Å². The van der Waals surface area contributed by atoms with E-state index in [2.05, 4.69) is 10.3 Å². The van der Waals surface area contributed by atoms with Crippen LogP contribution in [0.2, 0.25) is 0 Å². The lowest BCUT2D eigenvalue weighted by Gasteiger charge is -2.20. The molecule has 10 nitrogen and oxygen atoms in total. The molecule has 2 unspecified atom stereocenters. The zero-order chi connectivity index (χ0) is 28.6. The van der Waals surface area contributed by atoms with Crippen molar-refractivity contribution in [2.75, 3.05) is 27.1 Å². The number of benzene rings is 1. The predicted molar refractivity (Wildman–Crippen MR) is 129 cm³/mol. The van der Waals surface area contributed by atoms with Gasteiger partial charge in [0, 0.05) is 25.8 Å². The first-order valence-electron chi connectivity index (χ1n) is 12.0. The number of hydrogen-bond donors (Lipinski definition) is 1. The normalized spacial score (nSPS) is 20.1. The Balaban J connectivity index is 1.68. The van der Waals surface area contributed by atoms with Crippen molar-refractivity contribution in [3.63, 3.8) is 0 Å². The number of nitrogens with zero attached hydrogens (tertiary/aromatic N) is 1. The van der Waals surface area contributed by atoms with E-state index in [9.17, 15) is 27.6 Å². The van der Waals surface area contributed by atoms with Crippen LogP contribution in [-0.4, -0.2) is 62.1 Å². The van der Waals surface area contributed by atoms with Crippen molar-refractivity contribution in [2.24, 2.45) is 5.92 Å². The zero-order valence-corrected chi connectivity index (χ0v) is 21.6. The number of esters is 2. The molecule has 212 valence electrons. The number of aromatic nitrogens is 1. The third-order valence-corrected chi connectivity index (χ3v) is 5.79. The molecular formula is C26H29F3N2O8. The molecule has 0 aliphatic carbocycles. The number of alkyl halides is 3. The minimum absolute atomic E-state index is 0.0962. The number of hydrogen-bond acceptors (Lipinski definition) is 9. The van der Waals surface area contributed by atoms with E-state index in [1.807, 2.05) is 0 Å². The summed E-state index contributed by atoms with van der Waals surface area (Å²) in [5.74, 6) is -2.21. The number of methoxy groups -OCH3 is 1. The van der Waals surface area contributed by atoms with Gasteiger partial charge in [-0.15, -0.1) is 0 Å². The number of carbonyl (C=O) groups excluding carboxylic acids is 3. The molecule has 1 amide bonds. The maximum atomic E-state index is 13.1. The van der Waals surface area contributed by atoms with E-state index in [1.165, 1.54) is 38.4 Å². The highest BCUT2D eigenvalue weighted by Gasteiger charge is 2.32. The van der Waals surface area contributed by atoms with E-state index < -0.39 is 48.5 Å². The molecule has 1 aromatic carbocycles. The second kappa shape index (κ2) is 13.3. The minimum Gasteiger partial charge on any atom is -0.493 e. The smallest absolute Gasteiger partial charge is 0.416 e. The molecule has 0 saturated carbocycles. The summed E-state index contributed by atoms with van der Waals surface area (Å²) < 4.78 is 65.1. The Morgan fingerprint density at radius 3 is 2.51 bits per heavy atom. The number of cyclic esters (lactones) is 1. The standard InChI is InChI=1S/C26H29F3N2O8/c1-15-10-18(11-17-4-6-19(7-5-17)26(27,28)29)12-36-13-20(25(34)39-15)31-24(33)22-23(38-14-37-16(2)32)21(35-3)8-9-30-22/h4-9,15,18,20H,10-14H2,1-3H3,(H,31,33)/t15?,18?,20-/m0/s1. The zero-order valence-electron chi connectivity index (χ0n) is 21.6. The Kier molecular flexibility index (Phi) is 10.1. The average Bonchev–Trinajstić information content (AvgIpc) is 2.92. The Bertz CT molecular complexity index is 1160. The SMILES string of the molecule is COc1ccnc(C(=O)N[C@H]2COCC(Cc3ccc(C(F)(F)F)cc3)CC(C)OC2=O)c1OCOC(C)=O. The molecule has 3 rings (SSSR count). The van der Waals surface area contributed by atoms with Crippen molar-refractivity contribution in [2.45, 2.75) is 45.0 Å². The topological polar surface area (TPSA) is 122 Å². The predicted octanol–water partition coefficient (Wildman–Crippen LogP) is 3.32. The molecule has 0 radical (unpaired) electrons.